The van der Waals surface area contributed by atoms with Gasteiger partial charge >= 0.3 is 0 Å². The third-order valence-electron chi connectivity index (χ3n) is 3.37. The molecule has 1 atom stereocenters. The molecule has 1 saturated heterocycles. The molecule has 0 aromatic heterocycles. The van der Waals surface area contributed by atoms with Gasteiger partial charge in [-0.3, -0.25) is 0 Å². The summed E-state index contributed by atoms with van der Waals surface area (Å²) in [6, 6.07) is 0. The lowest BCUT2D eigenvalue weighted by Gasteiger charge is -2.32. The van der Waals surface area contributed by atoms with Crippen LogP contribution in [0.3, 0.4) is 0 Å². The van der Waals surface area contributed by atoms with E-state index in [1.807, 2.05) is 0 Å². The Morgan fingerprint density at radius 3 is 2.62 bits per heavy atom. The molecule has 1 aliphatic carbocycles. The summed E-state index contributed by atoms with van der Waals surface area (Å²) in [6.07, 6.45) is 7.21. The van der Waals surface area contributed by atoms with Gasteiger partial charge in [0, 0.05) is 0 Å². The Hall–Kier alpha value is -0.300. The van der Waals surface area contributed by atoms with Gasteiger partial charge in [0.05, 0.1) is 12.2 Å². The number of hydrogen-bond donors (Lipinski definition) is 0. The molecule has 1 heteroatoms. The summed E-state index contributed by atoms with van der Waals surface area (Å²) >= 11 is 0. The summed E-state index contributed by atoms with van der Waals surface area (Å²) in [4.78, 5) is 0. The quantitative estimate of drug-likeness (QED) is 0.520. The van der Waals surface area contributed by atoms with Crippen LogP contribution in [-0.4, -0.2) is 12.2 Å². The van der Waals surface area contributed by atoms with E-state index in [0.717, 1.165) is 13.0 Å². The van der Waals surface area contributed by atoms with Gasteiger partial charge in [0.15, 0.2) is 0 Å². The van der Waals surface area contributed by atoms with E-state index in [-0.39, 0.29) is 5.60 Å². The van der Waals surface area contributed by atoms with Crippen LogP contribution in [0.1, 0.15) is 46.5 Å². The molecule has 1 spiro atoms. The molecule has 0 N–H and O–H groups in total. The van der Waals surface area contributed by atoms with Gasteiger partial charge in [0.2, 0.25) is 0 Å². The second kappa shape index (κ2) is 2.84. The lowest BCUT2D eigenvalue weighted by atomic mass is 9.77. The van der Waals surface area contributed by atoms with E-state index in [9.17, 15) is 0 Å². The smallest absolute Gasteiger partial charge is 0.0726 e. The Morgan fingerprint density at radius 2 is 2.15 bits per heavy atom. The molecule has 0 saturated carbocycles. The van der Waals surface area contributed by atoms with E-state index >= 15 is 0 Å². The van der Waals surface area contributed by atoms with Crippen LogP contribution in [0.5, 0.6) is 0 Å². The van der Waals surface area contributed by atoms with Crippen LogP contribution in [0, 0.1) is 5.41 Å². The predicted molar refractivity (Wildman–Crippen MR) is 54.7 cm³/mol. The molecule has 74 valence electrons. The van der Waals surface area contributed by atoms with Gasteiger partial charge in [0.1, 0.15) is 0 Å². The van der Waals surface area contributed by atoms with Crippen molar-refractivity contribution in [3.63, 3.8) is 0 Å². The third kappa shape index (κ3) is 1.80. The molecule has 1 fully saturated rings. The topological polar surface area (TPSA) is 9.23 Å². The molecular weight excluding hydrogens is 160 g/mol. The van der Waals surface area contributed by atoms with E-state index in [1.54, 1.807) is 5.57 Å². The van der Waals surface area contributed by atoms with Crippen molar-refractivity contribution in [3.05, 3.63) is 11.6 Å². The van der Waals surface area contributed by atoms with E-state index in [0.29, 0.717) is 5.41 Å². The van der Waals surface area contributed by atoms with Gasteiger partial charge in [-0.1, -0.05) is 25.5 Å². The van der Waals surface area contributed by atoms with Crippen molar-refractivity contribution in [2.24, 2.45) is 5.41 Å². The number of ether oxygens (including phenoxy) is 1. The molecule has 1 aliphatic heterocycles. The van der Waals surface area contributed by atoms with Gasteiger partial charge in [0.25, 0.3) is 0 Å². The predicted octanol–water partition coefficient (Wildman–Crippen LogP) is 3.30. The van der Waals surface area contributed by atoms with Crippen LogP contribution in [-0.2, 0) is 4.74 Å². The van der Waals surface area contributed by atoms with E-state index < -0.39 is 0 Å². The molecule has 0 aromatic rings. The minimum Gasteiger partial charge on any atom is -0.374 e. The van der Waals surface area contributed by atoms with Crippen LogP contribution in [0.25, 0.3) is 0 Å². The molecule has 0 aromatic carbocycles. The van der Waals surface area contributed by atoms with Crippen LogP contribution >= 0.6 is 0 Å². The summed E-state index contributed by atoms with van der Waals surface area (Å²) in [6.45, 7) is 7.80. The summed E-state index contributed by atoms with van der Waals surface area (Å²) in [5.74, 6) is 0. The Bertz CT molecular complexity index is 240. The second-order valence-corrected chi connectivity index (χ2v) is 5.57. The highest BCUT2D eigenvalue weighted by atomic mass is 16.5. The molecule has 0 amide bonds. The summed E-state index contributed by atoms with van der Waals surface area (Å²) < 4.78 is 6.00. The lowest BCUT2D eigenvalue weighted by molar-refractivity contribution is -0.00562. The molecule has 0 bridgehead atoms. The van der Waals surface area contributed by atoms with Crippen LogP contribution in [0.4, 0.5) is 0 Å². The summed E-state index contributed by atoms with van der Waals surface area (Å²) in [5.41, 5.74) is 2.15. The normalized spacial score (nSPS) is 37.9. The minimum atomic E-state index is 0.211. The molecule has 1 heterocycles. The van der Waals surface area contributed by atoms with Crippen LogP contribution in [0.2, 0.25) is 0 Å². The lowest BCUT2D eigenvalue weighted by Crippen LogP contribution is -2.30. The zero-order valence-electron chi connectivity index (χ0n) is 9.02. The Balaban J connectivity index is 2.09. The highest BCUT2D eigenvalue weighted by Gasteiger charge is 2.44. The first-order chi connectivity index (χ1) is 6.02. The van der Waals surface area contributed by atoms with Crippen molar-refractivity contribution >= 4 is 0 Å². The zero-order chi connectivity index (χ0) is 9.53. The highest BCUT2D eigenvalue weighted by molar-refractivity contribution is 5.10. The molecule has 1 nitrogen and oxygen atoms in total. The molecule has 2 aliphatic rings. The van der Waals surface area contributed by atoms with E-state index in [4.69, 9.17) is 4.74 Å². The van der Waals surface area contributed by atoms with Gasteiger partial charge in [-0.05, 0) is 38.0 Å². The maximum Gasteiger partial charge on any atom is 0.0726 e. The highest BCUT2D eigenvalue weighted by Crippen LogP contribution is 2.46. The van der Waals surface area contributed by atoms with Gasteiger partial charge in [-0.2, -0.15) is 0 Å². The number of allylic oxidation sites excluding steroid dienone is 1. The monoisotopic (exact) mass is 180 g/mol. The first kappa shape index (κ1) is 9.26. The largest absolute Gasteiger partial charge is 0.374 e. The van der Waals surface area contributed by atoms with Crippen molar-refractivity contribution in [2.45, 2.75) is 52.1 Å². The average Bonchev–Trinajstić information content (AvgIpc) is 2.35. The average molecular weight is 180 g/mol. The third-order valence-corrected chi connectivity index (χ3v) is 3.37. The maximum atomic E-state index is 6.00. The van der Waals surface area contributed by atoms with Crippen LogP contribution in [0.15, 0.2) is 11.6 Å². The zero-order valence-corrected chi connectivity index (χ0v) is 9.02. The number of rotatable bonds is 0. The minimum absolute atomic E-state index is 0.211. The van der Waals surface area contributed by atoms with Crippen molar-refractivity contribution in [2.75, 3.05) is 6.61 Å². The first-order valence-electron chi connectivity index (χ1n) is 5.31. The van der Waals surface area contributed by atoms with Crippen molar-refractivity contribution in [3.8, 4) is 0 Å². The van der Waals surface area contributed by atoms with Gasteiger partial charge < -0.3 is 4.74 Å². The molecule has 13 heavy (non-hydrogen) atoms. The fourth-order valence-corrected chi connectivity index (χ4v) is 2.60. The van der Waals surface area contributed by atoms with Crippen molar-refractivity contribution in [1.82, 2.24) is 0 Å². The van der Waals surface area contributed by atoms with Gasteiger partial charge in [-0.15, -0.1) is 0 Å². The molecular formula is C12H20O. The summed E-state index contributed by atoms with van der Waals surface area (Å²) in [7, 11) is 0. The molecule has 1 unspecified atom stereocenters. The van der Waals surface area contributed by atoms with Crippen LogP contribution < -0.4 is 0 Å². The van der Waals surface area contributed by atoms with Gasteiger partial charge in [-0.25, -0.2) is 0 Å². The maximum absolute atomic E-state index is 6.00. The SMILES string of the molecule is CC1=CCC2(CC1)CC(C)(C)CO2. The van der Waals surface area contributed by atoms with E-state index in [1.165, 1.54) is 19.3 Å². The standard InChI is InChI=1S/C12H20O/c1-10-4-6-12(7-5-10)8-11(2,3)9-13-12/h4H,5-9H2,1-3H3. The second-order valence-electron chi connectivity index (χ2n) is 5.57. The first-order valence-corrected chi connectivity index (χ1v) is 5.31. The van der Waals surface area contributed by atoms with Crippen molar-refractivity contribution in [1.29, 1.82) is 0 Å². The number of hydrogen-bond acceptors (Lipinski definition) is 1. The fourth-order valence-electron chi connectivity index (χ4n) is 2.60. The van der Waals surface area contributed by atoms with E-state index in [2.05, 4.69) is 26.8 Å². The van der Waals surface area contributed by atoms with Crippen molar-refractivity contribution < 1.29 is 4.74 Å². The Kier molecular flexibility index (Phi) is 2.03. The fraction of sp³-hybridized carbons (Fsp3) is 0.833. The molecule has 2 rings (SSSR count). The summed E-state index contributed by atoms with van der Waals surface area (Å²) in [5, 5.41) is 0. The Morgan fingerprint density at radius 1 is 1.38 bits per heavy atom. The molecule has 0 radical (unpaired) electrons. The Labute approximate surface area is 81.2 Å².